The van der Waals surface area contributed by atoms with Crippen molar-refractivity contribution in [1.82, 2.24) is 9.78 Å². The fourth-order valence-electron chi connectivity index (χ4n) is 2.23. The second kappa shape index (κ2) is 5.99. The molecule has 7 nitrogen and oxygen atoms in total. The zero-order valence-corrected chi connectivity index (χ0v) is 13.7. The summed E-state index contributed by atoms with van der Waals surface area (Å²) in [6, 6.07) is 4.05. The zero-order valence-electron chi connectivity index (χ0n) is 12.9. The molecule has 3 N–H and O–H groups in total. The highest BCUT2D eigenvalue weighted by molar-refractivity contribution is 7.92. The number of nitrogens with two attached hydrogens (primary N) is 1. The first-order valence-corrected chi connectivity index (χ1v) is 8.31. The van der Waals surface area contributed by atoms with Crippen LogP contribution in [0, 0.1) is 12.7 Å². The van der Waals surface area contributed by atoms with Crippen LogP contribution in [0.4, 0.5) is 10.1 Å². The Hall–Kier alpha value is -2.42. The van der Waals surface area contributed by atoms with Gasteiger partial charge in [0.1, 0.15) is 22.1 Å². The number of halogens is 1. The molecule has 1 amide bonds. The van der Waals surface area contributed by atoms with Crippen molar-refractivity contribution >= 4 is 21.6 Å². The van der Waals surface area contributed by atoms with Crippen molar-refractivity contribution in [2.75, 3.05) is 4.72 Å². The molecule has 0 saturated carbocycles. The molecule has 0 fully saturated rings. The Bertz CT molecular complexity index is 874. The Morgan fingerprint density at radius 3 is 2.65 bits per heavy atom. The molecular weight excluding hydrogens is 323 g/mol. The highest BCUT2D eigenvalue weighted by Gasteiger charge is 2.26. The molecule has 2 rings (SSSR count). The highest BCUT2D eigenvalue weighted by Crippen LogP contribution is 2.26. The molecule has 2 aromatic rings. The van der Waals surface area contributed by atoms with Crippen LogP contribution in [0.1, 0.15) is 28.7 Å². The molecule has 0 aliphatic carbocycles. The number of carbonyl (C=O) groups excluding carboxylic acids is 1. The van der Waals surface area contributed by atoms with E-state index >= 15 is 0 Å². The molecular formula is C14H17FN4O3S. The summed E-state index contributed by atoms with van der Waals surface area (Å²) < 4.78 is 42.5. The van der Waals surface area contributed by atoms with Crippen molar-refractivity contribution in [3.8, 4) is 0 Å². The molecule has 124 valence electrons. The third kappa shape index (κ3) is 3.04. The lowest BCUT2D eigenvalue weighted by Gasteiger charge is -2.11. The highest BCUT2D eigenvalue weighted by atomic mass is 32.2. The lowest BCUT2D eigenvalue weighted by atomic mass is 10.2. The van der Waals surface area contributed by atoms with Crippen LogP contribution < -0.4 is 10.5 Å². The number of carbonyl (C=O) groups is 1. The summed E-state index contributed by atoms with van der Waals surface area (Å²) in [5.41, 5.74) is 5.72. The van der Waals surface area contributed by atoms with E-state index in [2.05, 4.69) is 9.82 Å². The van der Waals surface area contributed by atoms with Crippen LogP contribution in [-0.4, -0.2) is 24.1 Å². The molecule has 9 heteroatoms. The summed E-state index contributed by atoms with van der Waals surface area (Å²) in [6.45, 7) is 3.21. The molecule has 0 aliphatic heterocycles. The minimum atomic E-state index is -4.23. The number of hydrogen-bond donors (Lipinski definition) is 2. The third-order valence-electron chi connectivity index (χ3n) is 3.37. The number of benzene rings is 1. The number of nitrogens with zero attached hydrogens (tertiary/aromatic N) is 2. The topological polar surface area (TPSA) is 107 Å². The van der Waals surface area contributed by atoms with Gasteiger partial charge in [0.2, 0.25) is 0 Å². The molecule has 0 bridgehead atoms. The normalized spacial score (nSPS) is 11.5. The second-order valence-electron chi connectivity index (χ2n) is 5.00. The van der Waals surface area contributed by atoms with Gasteiger partial charge in [-0.1, -0.05) is 19.1 Å². The van der Waals surface area contributed by atoms with E-state index in [1.807, 2.05) is 0 Å². The number of aromatic nitrogens is 2. The lowest BCUT2D eigenvalue weighted by Crippen LogP contribution is -2.21. The van der Waals surface area contributed by atoms with Gasteiger partial charge in [0, 0.05) is 7.05 Å². The van der Waals surface area contributed by atoms with E-state index in [4.69, 9.17) is 5.73 Å². The van der Waals surface area contributed by atoms with E-state index in [1.165, 1.54) is 30.8 Å². The molecule has 0 aliphatic rings. The summed E-state index contributed by atoms with van der Waals surface area (Å²) in [5.74, 6) is -1.68. The minimum Gasteiger partial charge on any atom is -0.364 e. The van der Waals surface area contributed by atoms with Gasteiger partial charge >= 0.3 is 0 Å². The van der Waals surface area contributed by atoms with Gasteiger partial charge in [0.05, 0.1) is 5.69 Å². The van der Waals surface area contributed by atoms with Gasteiger partial charge in [-0.2, -0.15) is 5.10 Å². The molecule has 0 saturated heterocycles. The molecule has 1 heterocycles. The van der Waals surface area contributed by atoms with E-state index in [-0.39, 0.29) is 16.9 Å². The van der Waals surface area contributed by atoms with Crippen molar-refractivity contribution < 1.29 is 17.6 Å². The van der Waals surface area contributed by atoms with Crippen LogP contribution in [0.25, 0.3) is 0 Å². The average Bonchev–Trinajstić information content (AvgIpc) is 2.76. The lowest BCUT2D eigenvalue weighted by molar-refractivity contribution is 0.0992. The van der Waals surface area contributed by atoms with Crippen molar-refractivity contribution in [2.45, 2.75) is 25.2 Å². The first kappa shape index (κ1) is 16.9. The van der Waals surface area contributed by atoms with Crippen molar-refractivity contribution in [1.29, 1.82) is 0 Å². The van der Waals surface area contributed by atoms with Crippen LogP contribution in [0.2, 0.25) is 0 Å². The predicted octanol–water partition coefficient (Wildman–Crippen LogP) is 1.33. The third-order valence-corrected chi connectivity index (χ3v) is 4.74. The second-order valence-corrected chi connectivity index (χ2v) is 6.66. The smallest absolute Gasteiger partial charge is 0.269 e. The number of sulfonamides is 1. The van der Waals surface area contributed by atoms with Crippen LogP contribution in [0.3, 0.4) is 0 Å². The van der Waals surface area contributed by atoms with E-state index in [0.29, 0.717) is 12.1 Å². The molecule has 1 aromatic carbocycles. The average molecular weight is 340 g/mol. The number of nitrogens with one attached hydrogen (secondary N) is 1. The first-order valence-electron chi connectivity index (χ1n) is 6.82. The molecule has 0 unspecified atom stereocenters. The van der Waals surface area contributed by atoms with Gasteiger partial charge in [-0.15, -0.1) is 0 Å². The summed E-state index contributed by atoms with van der Waals surface area (Å²) in [6.07, 6.45) is 0.370. The maximum atomic E-state index is 14.1. The Labute approximate surface area is 133 Å². The Morgan fingerprint density at radius 1 is 1.43 bits per heavy atom. The Kier molecular flexibility index (Phi) is 4.42. The first-order chi connectivity index (χ1) is 10.7. The van der Waals surface area contributed by atoms with Crippen molar-refractivity contribution in [3.05, 3.63) is 41.0 Å². The van der Waals surface area contributed by atoms with Crippen molar-refractivity contribution in [3.63, 3.8) is 0 Å². The van der Waals surface area contributed by atoms with Gasteiger partial charge in [0.25, 0.3) is 15.9 Å². The standard InChI is InChI=1S/C14H17FN4O3S/c1-4-9-12(13(14(16)20)19(3)17-9)18-23(21,22)10-7-5-6-8(2)11(10)15/h5-7,18H,4H2,1-3H3,(H2,16,20). The fraction of sp³-hybridized carbons (Fsp3) is 0.286. The van der Waals surface area contributed by atoms with E-state index < -0.39 is 26.6 Å². The van der Waals surface area contributed by atoms with Gasteiger partial charge in [-0.25, -0.2) is 12.8 Å². The maximum absolute atomic E-state index is 14.1. The number of rotatable bonds is 5. The van der Waals surface area contributed by atoms with E-state index in [0.717, 1.165) is 6.07 Å². The molecule has 0 atom stereocenters. The zero-order chi connectivity index (χ0) is 17.4. The van der Waals surface area contributed by atoms with Crippen molar-refractivity contribution in [2.24, 2.45) is 12.8 Å². The SMILES string of the molecule is CCc1nn(C)c(C(N)=O)c1NS(=O)(=O)c1cccc(C)c1F. The molecule has 0 radical (unpaired) electrons. The summed E-state index contributed by atoms with van der Waals surface area (Å²) >= 11 is 0. The van der Waals surface area contributed by atoms with Gasteiger partial charge in [-0.05, 0) is 25.0 Å². The maximum Gasteiger partial charge on any atom is 0.269 e. The molecule has 0 spiro atoms. The fourth-order valence-corrected chi connectivity index (χ4v) is 3.48. The van der Waals surface area contributed by atoms with Crippen LogP contribution in [0.5, 0.6) is 0 Å². The van der Waals surface area contributed by atoms with E-state index in [9.17, 15) is 17.6 Å². The van der Waals surface area contributed by atoms with E-state index in [1.54, 1.807) is 6.92 Å². The Balaban J connectivity index is 2.58. The van der Waals surface area contributed by atoms with Gasteiger partial charge in [-0.3, -0.25) is 14.2 Å². The number of anilines is 1. The van der Waals surface area contributed by atoms with Gasteiger partial charge < -0.3 is 5.73 Å². The Morgan fingerprint density at radius 2 is 2.09 bits per heavy atom. The monoisotopic (exact) mass is 340 g/mol. The molecule has 23 heavy (non-hydrogen) atoms. The number of aryl methyl sites for hydroxylation is 3. The summed E-state index contributed by atoms with van der Waals surface area (Å²) in [5, 5.41) is 4.06. The number of primary amides is 1. The van der Waals surface area contributed by atoms with Crippen LogP contribution in [-0.2, 0) is 23.5 Å². The minimum absolute atomic E-state index is 0.0246. The quantitative estimate of drug-likeness (QED) is 0.856. The summed E-state index contributed by atoms with van der Waals surface area (Å²) in [4.78, 5) is 11.1. The number of hydrogen-bond acceptors (Lipinski definition) is 4. The predicted molar refractivity (Wildman–Crippen MR) is 83.0 cm³/mol. The van der Waals surface area contributed by atoms with Gasteiger partial charge in [0.15, 0.2) is 0 Å². The molecule has 1 aromatic heterocycles. The van der Waals surface area contributed by atoms with Crippen LogP contribution >= 0.6 is 0 Å². The largest absolute Gasteiger partial charge is 0.364 e. The summed E-state index contributed by atoms with van der Waals surface area (Å²) in [7, 11) is -2.75. The van der Waals surface area contributed by atoms with Crippen LogP contribution in [0.15, 0.2) is 23.1 Å². The number of amides is 1.